The number of oxime groups is 1. The molecule has 2 rings (SSSR count). The molecule has 0 bridgehead atoms. The summed E-state index contributed by atoms with van der Waals surface area (Å²) in [5.41, 5.74) is 2.42. The van der Waals surface area contributed by atoms with Crippen molar-refractivity contribution < 1.29 is 12.7 Å². The second kappa shape index (κ2) is 6.75. The number of rotatable bonds is 5. The predicted octanol–water partition coefficient (Wildman–Crippen LogP) is 3.76. The van der Waals surface area contributed by atoms with Crippen LogP contribution in [0.3, 0.4) is 0 Å². The van der Waals surface area contributed by atoms with E-state index in [1.807, 2.05) is 51.1 Å². The molecular weight excluding hydrogens is 298 g/mol. The lowest BCUT2D eigenvalue weighted by Crippen LogP contribution is -2.12. The maximum Gasteiger partial charge on any atom is 0.358 e. The predicted molar refractivity (Wildman–Crippen MR) is 87.3 cm³/mol. The molecule has 0 saturated heterocycles. The lowest BCUT2D eigenvalue weighted by atomic mass is 10.0. The Kier molecular flexibility index (Phi) is 4.98. The normalized spacial score (nSPS) is 12.5. The van der Waals surface area contributed by atoms with Crippen molar-refractivity contribution in [1.29, 1.82) is 0 Å². The van der Waals surface area contributed by atoms with Crippen LogP contribution in [0.25, 0.3) is 0 Å². The van der Waals surface area contributed by atoms with Crippen LogP contribution < -0.4 is 0 Å². The van der Waals surface area contributed by atoms with E-state index in [9.17, 15) is 8.42 Å². The SMILES string of the molecule is Cc1ccc(S(=O)(=O)O/N=C(\c2ccccc2)C(C)C)cc1. The van der Waals surface area contributed by atoms with Gasteiger partial charge in [-0.15, -0.1) is 0 Å². The zero-order chi connectivity index (χ0) is 16.2. The van der Waals surface area contributed by atoms with E-state index >= 15 is 0 Å². The molecule has 2 aromatic carbocycles. The van der Waals surface area contributed by atoms with E-state index in [2.05, 4.69) is 5.16 Å². The lowest BCUT2D eigenvalue weighted by molar-refractivity contribution is 0.336. The van der Waals surface area contributed by atoms with Crippen molar-refractivity contribution in [3.63, 3.8) is 0 Å². The van der Waals surface area contributed by atoms with Gasteiger partial charge in [-0.05, 0) is 30.5 Å². The first kappa shape index (κ1) is 16.2. The molecule has 22 heavy (non-hydrogen) atoms. The summed E-state index contributed by atoms with van der Waals surface area (Å²) in [6, 6.07) is 15.9. The smallest absolute Gasteiger partial charge is 0.264 e. The van der Waals surface area contributed by atoms with Crippen molar-refractivity contribution in [3.8, 4) is 0 Å². The van der Waals surface area contributed by atoms with Crippen LogP contribution in [-0.2, 0) is 14.4 Å². The van der Waals surface area contributed by atoms with Crippen LogP contribution in [0.2, 0.25) is 0 Å². The summed E-state index contributed by atoms with van der Waals surface area (Å²) in [7, 11) is -3.90. The van der Waals surface area contributed by atoms with E-state index < -0.39 is 10.1 Å². The third kappa shape index (κ3) is 3.95. The fourth-order valence-electron chi connectivity index (χ4n) is 1.94. The summed E-state index contributed by atoms with van der Waals surface area (Å²) in [5, 5.41) is 3.89. The minimum Gasteiger partial charge on any atom is -0.264 e. The van der Waals surface area contributed by atoms with Crippen LogP contribution >= 0.6 is 0 Å². The van der Waals surface area contributed by atoms with Crippen LogP contribution in [0.15, 0.2) is 64.6 Å². The molecule has 0 aliphatic rings. The monoisotopic (exact) mass is 317 g/mol. The molecule has 0 aliphatic heterocycles. The number of hydrogen-bond acceptors (Lipinski definition) is 4. The molecule has 0 heterocycles. The Hall–Kier alpha value is -2.14. The molecule has 5 heteroatoms. The van der Waals surface area contributed by atoms with E-state index in [4.69, 9.17) is 4.28 Å². The highest BCUT2D eigenvalue weighted by atomic mass is 32.2. The van der Waals surface area contributed by atoms with Gasteiger partial charge < -0.3 is 0 Å². The molecule has 2 aromatic rings. The van der Waals surface area contributed by atoms with Crippen molar-refractivity contribution in [3.05, 3.63) is 65.7 Å². The first-order chi connectivity index (χ1) is 10.4. The Morgan fingerprint density at radius 1 is 1.00 bits per heavy atom. The Morgan fingerprint density at radius 2 is 1.59 bits per heavy atom. The van der Waals surface area contributed by atoms with Gasteiger partial charge in [-0.1, -0.05) is 67.0 Å². The number of nitrogens with zero attached hydrogens (tertiary/aromatic N) is 1. The average Bonchev–Trinajstić information content (AvgIpc) is 2.48. The Morgan fingerprint density at radius 3 is 2.14 bits per heavy atom. The van der Waals surface area contributed by atoms with Crippen LogP contribution in [0.1, 0.15) is 25.0 Å². The van der Waals surface area contributed by atoms with E-state index in [0.29, 0.717) is 5.71 Å². The summed E-state index contributed by atoms with van der Waals surface area (Å²) < 4.78 is 29.2. The Bertz CT molecular complexity index is 748. The van der Waals surface area contributed by atoms with Crippen LogP contribution in [0.5, 0.6) is 0 Å². The Labute approximate surface area is 131 Å². The average molecular weight is 317 g/mol. The zero-order valence-electron chi connectivity index (χ0n) is 12.9. The minimum atomic E-state index is -3.90. The summed E-state index contributed by atoms with van der Waals surface area (Å²) in [6.45, 7) is 5.77. The second-order valence-corrected chi connectivity index (χ2v) is 6.87. The van der Waals surface area contributed by atoms with Gasteiger partial charge in [0, 0.05) is 0 Å². The van der Waals surface area contributed by atoms with Gasteiger partial charge in [-0.3, -0.25) is 4.28 Å². The molecule has 0 N–H and O–H groups in total. The summed E-state index contributed by atoms with van der Waals surface area (Å²) in [5.74, 6) is 0.0376. The molecular formula is C17H19NO3S. The standard InChI is InChI=1S/C17H19NO3S/c1-13(2)17(15-7-5-4-6-8-15)18-21-22(19,20)16-11-9-14(3)10-12-16/h4-13H,1-3H3/b18-17-. The van der Waals surface area contributed by atoms with Gasteiger partial charge in [0.05, 0.1) is 5.71 Å². The summed E-state index contributed by atoms with van der Waals surface area (Å²) in [4.78, 5) is 0.0954. The molecule has 0 aliphatic carbocycles. The number of benzene rings is 2. The maximum absolute atomic E-state index is 12.2. The van der Waals surface area contributed by atoms with Crippen molar-refractivity contribution in [2.75, 3.05) is 0 Å². The largest absolute Gasteiger partial charge is 0.358 e. The van der Waals surface area contributed by atoms with Gasteiger partial charge in [0.25, 0.3) is 0 Å². The van der Waals surface area contributed by atoms with Crippen molar-refractivity contribution in [2.24, 2.45) is 11.1 Å². The molecule has 0 spiro atoms. The van der Waals surface area contributed by atoms with Gasteiger partial charge >= 0.3 is 10.1 Å². The molecule has 0 amide bonds. The van der Waals surface area contributed by atoms with Gasteiger partial charge in [-0.25, -0.2) is 0 Å². The van der Waals surface area contributed by atoms with Gasteiger partial charge in [0.2, 0.25) is 0 Å². The maximum atomic E-state index is 12.2. The zero-order valence-corrected chi connectivity index (χ0v) is 13.7. The first-order valence-electron chi connectivity index (χ1n) is 7.04. The molecule has 0 unspecified atom stereocenters. The van der Waals surface area contributed by atoms with Crippen LogP contribution in [0.4, 0.5) is 0 Å². The molecule has 0 saturated carbocycles. The first-order valence-corrected chi connectivity index (χ1v) is 8.44. The molecule has 0 radical (unpaired) electrons. The fraction of sp³-hybridized carbons (Fsp3) is 0.235. The molecule has 4 nitrogen and oxygen atoms in total. The van der Waals surface area contributed by atoms with Crippen molar-refractivity contribution in [1.82, 2.24) is 0 Å². The Balaban J connectivity index is 2.29. The van der Waals surface area contributed by atoms with Gasteiger partial charge in [-0.2, -0.15) is 8.42 Å². The molecule has 0 fully saturated rings. The summed E-state index contributed by atoms with van der Waals surface area (Å²) >= 11 is 0. The van der Waals surface area contributed by atoms with Crippen molar-refractivity contribution in [2.45, 2.75) is 25.7 Å². The topological polar surface area (TPSA) is 55.7 Å². The minimum absolute atomic E-state index is 0.0376. The van der Waals surface area contributed by atoms with E-state index in [0.717, 1.165) is 11.1 Å². The molecule has 0 aromatic heterocycles. The van der Waals surface area contributed by atoms with E-state index in [1.54, 1.807) is 12.1 Å². The molecule has 0 atom stereocenters. The third-order valence-corrected chi connectivity index (χ3v) is 4.28. The van der Waals surface area contributed by atoms with E-state index in [1.165, 1.54) is 12.1 Å². The molecule has 116 valence electrons. The van der Waals surface area contributed by atoms with Crippen LogP contribution in [-0.4, -0.2) is 14.1 Å². The van der Waals surface area contributed by atoms with Gasteiger partial charge in [0.1, 0.15) is 4.90 Å². The highest BCUT2D eigenvalue weighted by Crippen LogP contribution is 2.16. The second-order valence-electron chi connectivity index (χ2n) is 5.34. The fourth-order valence-corrected chi connectivity index (χ4v) is 2.67. The third-order valence-electron chi connectivity index (χ3n) is 3.16. The quantitative estimate of drug-likeness (QED) is 0.623. The van der Waals surface area contributed by atoms with Gasteiger partial charge in [0.15, 0.2) is 0 Å². The lowest BCUT2D eigenvalue weighted by Gasteiger charge is -2.10. The number of hydrogen-bond donors (Lipinski definition) is 0. The number of aryl methyl sites for hydroxylation is 1. The van der Waals surface area contributed by atoms with E-state index in [-0.39, 0.29) is 10.8 Å². The summed E-state index contributed by atoms with van der Waals surface area (Å²) in [6.07, 6.45) is 0. The highest BCUT2D eigenvalue weighted by molar-refractivity contribution is 7.86. The highest BCUT2D eigenvalue weighted by Gasteiger charge is 2.17. The van der Waals surface area contributed by atoms with Crippen molar-refractivity contribution >= 4 is 15.8 Å². The van der Waals surface area contributed by atoms with Crippen LogP contribution in [0, 0.1) is 12.8 Å².